The molecule has 2 heterocycles. The summed E-state index contributed by atoms with van der Waals surface area (Å²) in [6, 6.07) is 19.1. The number of carbonyl (C=O) groups is 1. The molecule has 27 heavy (non-hydrogen) atoms. The van der Waals surface area contributed by atoms with Gasteiger partial charge in [-0.3, -0.25) is 9.78 Å². The minimum absolute atomic E-state index is 0.390. The molecule has 0 fully saturated rings. The second kappa shape index (κ2) is 6.68. The fourth-order valence-corrected chi connectivity index (χ4v) is 3.46. The molecule has 1 aromatic heterocycles. The molecule has 1 atom stereocenters. The predicted octanol–water partition coefficient (Wildman–Crippen LogP) is 4.03. The van der Waals surface area contributed by atoms with Crippen LogP contribution in [0.2, 0.25) is 0 Å². The molecule has 1 unspecified atom stereocenters. The number of methoxy groups -OCH3 is 1. The van der Waals surface area contributed by atoms with Crippen LogP contribution in [0.15, 0.2) is 78.0 Å². The van der Waals surface area contributed by atoms with E-state index in [2.05, 4.69) is 4.98 Å². The van der Waals surface area contributed by atoms with Gasteiger partial charge in [0.15, 0.2) is 0 Å². The van der Waals surface area contributed by atoms with Gasteiger partial charge >= 0.3 is 5.97 Å². The lowest BCUT2D eigenvalue weighted by atomic mass is 9.81. The number of hydrogen-bond donors (Lipinski definition) is 0. The van der Waals surface area contributed by atoms with Crippen LogP contribution in [0.5, 0.6) is 5.75 Å². The molecular formula is C22H18N2O3. The first kappa shape index (κ1) is 17.0. The number of ether oxygens (including phenoxy) is 2. The zero-order chi connectivity index (χ0) is 18.9. The number of hydrogen-bond acceptors (Lipinski definition) is 5. The van der Waals surface area contributed by atoms with Crippen LogP contribution in [0.25, 0.3) is 0 Å². The minimum Gasteiger partial charge on any atom is -0.497 e. The van der Waals surface area contributed by atoms with E-state index in [0.29, 0.717) is 11.4 Å². The smallest absolute Gasteiger partial charge is 0.304 e. The van der Waals surface area contributed by atoms with Gasteiger partial charge in [-0.25, -0.2) is 4.99 Å². The Bertz CT molecular complexity index is 1010. The van der Waals surface area contributed by atoms with Crippen molar-refractivity contribution in [1.82, 2.24) is 4.98 Å². The molecule has 1 aliphatic rings. The van der Waals surface area contributed by atoms with Crippen LogP contribution >= 0.6 is 0 Å². The van der Waals surface area contributed by atoms with Crippen LogP contribution in [-0.2, 0) is 15.1 Å². The summed E-state index contributed by atoms with van der Waals surface area (Å²) >= 11 is 0. The van der Waals surface area contributed by atoms with E-state index in [1.54, 1.807) is 19.5 Å². The van der Waals surface area contributed by atoms with E-state index >= 15 is 0 Å². The Morgan fingerprint density at radius 3 is 2.41 bits per heavy atom. The highest BCUT2D eigenvalue weighted by molar-refractivity contribution is 6.14. The van der Waals surface area contributed by atoms with Crippen molar-refractivity contribution in [2.45, 2.75) is 12.5 Å². The van der Waals surface area contributed by atoms with Crippen molar-refractivity contribution in [3.05, 3.63) is 89.7 Å². The number of nitrogens with zero attached hydrogens (tertiary/aromatic N) is 2. The Morgan fingerprint density at radius 1 is 1.00 bits per heavy atom. The number of aromatic nitrogens is 1. The molecule has 4 rings (SSSR count). The Labute approximate surface area is 157 Å². The summed E-state index contributed by atoms with van der Waals surface area (Å²) < 4.78 is 11.3. The van der Waals surface area contributed by atoms with Gasteiger partial charge in [0.1, 0.15) is 11.5 Å². The summed E-state index contributed by atoms with van der Waals surface area (Å²) in [5.41, 5.74) is 2.67. The second-order valence-electron chi connectivity index (χ2n) is 6.22. The van der Waals surface area contributed by atoms with Crippen molar-refractivity contribution < 1.29 is 14.3 Å². The zero-order valence-corrected chi connectivity index (χ0v) is 15.0. The molecule has 0 aliphatic carbocycles. The Balaban J connectivity index is 2.00. The average molecular weight is 358 g/mol. The van der Waals surface area contributed by atoms with E-state index in [1.165, 1.54) is 6.92 Å². The van der Waals surface area contributed by atoms with Gasteiger partial charge in [-0.1, -0.05) is 42.5 Å². The fraction of sp³-hybridized carbons (Fsp3) is 0.136. The standard InChI is InChI=1S/C22H18N2O3/c1-15(25)27-22(17-8-10-18(26-2)11-9-17)19-12-13-23-14-20(19)24-21(22)16-6-4-3-5-7-16/h3-14H,1-2H3. The number of esters is 1. The molecule has 5 heteroatoms. The third kappa shape index (κ3) is 2.77. The molecule has 2 aromatic carbocycles. The first-order valence-electron chi connectivity index (χ1n) is 8.58. The van der Waals surface area contributed by atoms with Crippen molar-refractivity contribution in [2.24, 2.45) is 4.99 Å². The topological polar surface area (TPSA) is 60.8 Å². The lowest BCUT2D eigenvalue weighted by molar-refractivity contribution is -0.148. The summed E-state index contributed by atoms with van der Waals surface area (Å²) in [4.78, 5) is 21.1. The van der Waals surface area contributed by atoms with Gasteiger partial charge in [0.2, 0.25) is 5.60 Å². The number of pyridine rings is 1. The fourth-order valence-electron chi connectivity index (χ4n) is 3.46. The maximum atomic E-state index is 12.2. The lowest BCUT2D eigenvalue weighted by Gasteiger charge is -2.32. The second-order valence-corrected chi connectivity index (χ2v) is 6.22. The van der Waals surface area contributed by atoms with Gasteiger partial charge in [-0.05, 0) is 18.2 Å². The van der Waals surface area contributed by atoms with Crippen molar-refractivity contribution in [2.75, 3.05) is 7.11 Å². The molecule has 0 saturated carbocycles. The van der Waals surface area contributed by atoms with Gasteiger partial charge in [0.25, 0.3) is 0 Å². The van der Waals surface area contributed by atoms with Crippen LogP contribution in [-0.4, -0.2) is 23.8 Å². The van der Waals surface area contributed by atoms with Crippen molar-refractivity contribution in [3.8, 4) is 5.75 Å². The van der Waals surface area contributed by atoms with E-state index < -0.39 is 5.60 Å². The monoisotopic (exact) mass is 358 g/mol. The first-order valence-corrected chi connectivity index (χ1v) is 8.58. The summed E-state index contributed by atoms with van der Waals surface area (Å²) in [6.45, 7) is 1.41. The number of rotatable bonds is 4. The first-order chi connectivity index (χ1) is 13.1. The van der Waals surface area contributed by atoms with E-state index in [0.717, 1.165) is 22.4 Å². The highest BCUT2D eigenvalue weighted by Crippen LogP contribution is 2.47. The van der Waals surface area contributed by atoms with Gasteiger partial charge in [0, 0.05) is 29.8 Å². The molecular weight excluding hydrogens is 340 g/mol. The number of benzene rings is 2. The molecule has 0 saturated heterocycles. The Hall–Kier alpha value is -3.47. The predicted molar refractivity (Wildman–Crippen MR) is 102 cm³/mol. The normalized spacial score (nSPS) is 17.8. The zero-order valence-electron chi connectivity index (χ0n) is 15.0. The van der Waals surface area contributed by atoms with Gasteiger partial charge in [-0.2, -0.15) is 0 Å². The van der Waals surface area contributed by atoms with Gasteiger partial charge in [0.05, 0.1) is 19.0 Å². The van der Waals surface area contributed by atoms with E-state index in [9.17, 15) is 4.79 Å². The molecule has 0 amide bonds. The van der Waals surface area contributed by atoms with Crippen LogP contribution in [0, 0.1) is 0 Å². The summed E-state index contributed by atoms with van der Waals surface area (Å²) in [6.07, 6.45) is 3.37. The minimum atomic E-state index is -1.14. The van der Waals surface area contributed by atoms with Crippen molar-refractivity contribution in [1.29, 1.82) is 0 Å². The van der Waals surface area contributed by atoms with Gasteiger partial charge in [-0.15, -0.1) is 0 Å². The Morgan fingerprint density at radius 2 is 1.74 bits per heavy atom. The SMILES string of the molecule is COc1ccc(C2(OC(C)=O)C(c3ccccc3)=Nc3cnccc32)cc1. The quantitative estimate of drug-likeness (QED) is 0.661. The largest absolute Gasteiger partial charge is 0.497 e. The number of fused-ring (bicyclic) bond motifs is 1. The maximum Gasteiger partial charge on any atom is 0.304 e. The molecule has 0 spiro atoms. The molecule has 134 valence electrons. The van der Waals surface area contributed by atoms with Crippen LogP contribution in [0.3, 0.4) is 0 Å². The summed E-state index contributed by atoms with van der Waals surface area (Å²) in [5, 5.41) is 0. The summed E-state index contributed by atoms with van der Waals surface area (Å²) in [7, 11) is 1.62. The van der Waals surface area contributed by atoms with Crippen LogP contribution < -0.4 is 4.74 Å². The molecule has 0 N–H and O–H groups in total. The highest BCUT2D eigenvalue weighted by Gasteiger charge is 2.49. The lowest BCUT2D eigenvalue weighted by Crippen LogP contribution is -2.39. The van der Waals surface area contributed by atoms with E-state index in [4.69, 9.17) is 14.5 Å². The Kier molecular flexibility index (Phi) is 4.20. The van der Waals surface area contributed by atoms with E-state index in [1.807, 2.05) is 60.7 Å². The summed E-state index contributed by atoms with van der Waals surface area (Å²) in [5.74, 6) is 0.335. The van der Waals surface area contributed by atoms with Crippen molar-refractivity contribution >= 4 is 17.4 Å². The van der Waals surface area contributed by atoms with Crippen LogP contribution in [0.4, 0.5) is 5.69 Å². The maximum absolute atomic E-state index is 12.2. The number of carbonyl (C=O) groups excluding carboxylic acids is 1. The van der Waals surface area contributed by atoms with Crippen LogP contribution in [0.1, 0.15) is 23.6 Å². The highest BCUT2D eigenvalue weighted by atomic mass is 16.6. The molecule has 3 aromatic rings. The third-order valence-corrected chi connectivity index (χ3v) is 4.59. The number of aliphatic imine (C=N–C) groups is 1. The average Bonchev–Trinajstić information content (AvgIpc) is 3.03. The molecule has 0 radical (unpaired) electrons. The molecule has 0 bridgehead atoms. The van der Waals surface area contributed by atoms with E-state index in [-0.39, 0.29) is 5.97 Å². The third-order valence-electron chi connectivity index (χ3n) is 4.59. The van der Waals surface area contributed by atoms with Gasteiger partial charge < -0.3 is 9.47 Å². The molecule has 1 aliphatic heterocycles. The molecule has 5 nitrogen and oxygen atoms in total. The van der Waals surface area contributed by atoms with Crippen molar-refractivity contribution in [3.63, 3.8) is 0 Å².